The fraction of sp³-hybridized carbons (Fsp3) is 0.125. The summed E-state index contributed by atoms with van der Waals surface area (Å²) in [6, 6.07) is 6.69. The van der Waals surface area contributed by atoms with E-state index in [-0.39, 0.29) is 10.8 Å². The molecule has 0 aliphatic heterocycles. The van der Waals surface area contributed by atoms with Crippen LogP contribution < -0.4 is 5.56 Å². The Balaban J connectivity index is 2.14. The number of benzene rings is 1. The molecule has 0 unspecified atom stereocenters. The molecule has 142 valence electrons. The number of fused-ring (bicyclic) bond motifs is 1. The van der Waals surface area contributed by atoms with E-state index >= 15 is 0 Å². The van der Waals surface area contributed by atoms with Crippen molar-refractivity contribution in [3.8, 4) is 6.07 Å². The normalized spacial score (nSPS) is 12.5. The van der Waals surface area contributed by atoms with Crippen molar-refractivity contribution in [1.82, 2.24) is 19.9 Å². The van der Waals surface area contributed by atoms with E-state index < -0.39 is 37.9 Å². The van der Waals surface area contributed by atoms with Crippen LogP contribution in [0.2, 0.25) is 5.02 Å². The molecule has 1 atom stereocenters. The molecule has 1 N–H and O–H groups in total. The van der Waals surface area contributed by atoms with E-state index in [1.807, 2.05) is 22.6 Å². The number of rotatable bonds is 4. The molecule has 0 amide bonds. The maximum Gasteiger partial charge on any atom is 0.258 e. The number of nitriles is 1. The van der Waals surface area contributed by atoms with Gasteiger partial charge in [0.2, 0.25) is 20.8 Å². The van der Waals surface area contributed by atoms with E-state index in [1.165, 1.54) is 0 Å². The summed E-state index contributed by atoms with van der Waals surface area (Å²) in [6.45, 7) is 0. The van der Waals surface area contributed by atoms with Gasteiger partial charge in [0.1, 0.15) is 11.5 Å². The van der Waals surface area contributed by atoms with Crippen molar-refractivity contribution in [2.45, 2.75) is 11.1 Å². The third kappa shape index (κ3) is 3.89. The van der Waals surface area contributed by atoms with Gasteiger partial charge in [0, 0.05) is 9.83 Å². The van der Waals surface area contributed by atoms with Gasteiger partial charge >= 0.3 is 0 Å². The molecule has 2 aromatic heterocycles. The third-order valence-electron chi connectivity index (χ3n) is 3.64. The average Bonchev–Trinajstić information content (AvgIpc) is 2.62. The predicted octanol–water partition coefficient (Wildman–Crippen LogP) is 1.86. The van der Waals surface area contributed by atoms with E-state index in [2.05, 4.69) is 19.9 Å². The molecule has 3 rings (SSSR count). The molecule has 0 saturated carbocycles. The number of carbonyl (C=O) groups excluding carboxylic acids is 1. The number of aromatic nitrogens is 4. The van der Waals surface area contributed by atoms with Crippen molar-refractivity contribution in [2.24, 2.45) is 0 Å². The van der Waals surface area contributed by atoms with Crippen LogP contribution in [0, 0.1) is 14.9 Å². The fourth-order valence-corrected chi connectivity index (χ4v) is 3.53. The molecule has 1 aromatic carbocycles. The monoisotopic (exact) mass is 529 g/mol. The number of hydrogen-bond acceptors (Lipinski definition) is 8. The largest absolute Gasteiger partial charge is 0.308 e. The molecular weight excluding hydrogens is 521 g/mol. The van der Waals surface area contributed by atoms with Gasteiger partial charge in [-0.1, -0.05) is 11.6 Å². The van der Waals surface area contributed by atoms with Crippen LogP contribution in [-0.4, -0.2) is 40.4 Å². The maximum atomic E-state index is 12.8. The number of nitrogens with one attached hydrogen (secondary N) is 1. The molecule has 0 saturated heterocycles. The number of H-pyrrole nitrogens is 1. The van der Waals surface area contributed by atoms with Gasteiger partial charge in [-0.3, -0.25) is 9.59 Å². The molecule has 0 aliphatic carbocycles. The van der Waals surface area contributed by atoms with Crippen molar-refractivity contribution in [2.75, 3.05) is 6.26 Å². The van der Waals surface area contributed by atoms with Gasteiger partial charge in [-0.15, -0.1) is 0 Å². The lowest BCUT2D eigenvalue weighted by atomic mass is 10.0. The summed E-state index contributed by atoms with van der Waals surface area (Å²) in [7, 11) is -3.80. The summed E-state index contributed by atoms with van der Waals surface area (Å²) in [5.41, 5.74) is -0.663. The first-order valence-corrected chi connectivity index (χ1v) is 10.8. The minimum Gasteiger partial charge on any atom is -0.308 e. The maximum absolute atomic E-state index is 12.8. The summed E-state index contributed by atoms with van der Waals surface area (Å²) in [5, 5.41) is 8.97. The van der Waals surface area contributed by atoms with Crippen molar-refractivity contribution in [3.63, 3.8) is 0 Å². The molecular formula is C16H9ClIN5O4S. The number of sulfone groups is 1. The first-order chi connectivity index (χ1) is 13.1. The highest BCUT2D eigenvalue weighted by Crippen LogP contribution is 2.23. The standard InChI is InChI=1S/C16H9ClIN5O4S/c1-28(26,27)16-20-6-10(17)12(22-16)13(24)9(5-19)14-21-11-3-2-7(18)4-8(11)15(25)23-14/h2-4,6,9H,1H3,(H,21,23,25)/t9-/m1/s1. The summed E-state index contributed by atoms with van der Waals surface area (Å²) in [4.78, 5) is 39.0. The SMILES string of the molecule is CS(=O)(=O)c1ncc(Cl)c(C(=O)[C@@H](C#N)c2nc3ccc(I)cc3c(=O)[nH]2)n1. The summed E-state index contributed by atoms with van der Waals surface area (Å²) in [6.07, 6.45) is 1.83. The van der Waals surface area contributed by atoms with Crippen LogP contribution in [0.25, 0.3) is 10.9 Å². The Labute approximate surface area is 176 Å². The molecule has 0 radical (unpaired) electrons. The second-order valence-corrected chi connectivity index (χ2v) is 9.22. The number of carbonyl (C=O) groups is 1. The number of aromatic amines is 1. The molecule has 0 bridgehead atoms. The number of nitrogens with zero attached hydrogens (tertiary/aromatic N) is 4. The van der Waals surface area contributed by atoms with Gasteiger partial charge in [-0.25, -0.2) is 23.4 Å². The van der Waals surface area contributed by atoms with E-state index in [4.69, 9.17) is 11.6 Å². The number of halogens is 2. The van der Waals surface area contributed by atoms with Gasteiger partial charge in [0.05, 0.1) is 28.2 Å². The molecule has 28 heavy (non-hydrogen) atoms. The third-order valence-corrected chi connectivity index (χ3v) is 5.45. The fourth-order valence-electron chi connectivity index (χ4n) is 2.35. The highest BCUT2D eigenvalue weighted by Gasteiger charge is 2.29. The molecule has 9 nitrogen and oxygen atoms in total. The molecule has 0 fully saturated rings. The number of hydrogen-bond donors (Lipinski definition) is 1. The second kappa shape index (κ2) is 7.53. The molecule has 12 heteroatoms. The Morgan fingerprint density at radius 2 is 2.07 bits per heavy atom. The Morgan fingerprint density at radius 1 is 1.36 bits per heavy atom. The lowest BCUT2D eigenvalue weighted by molar-refractivity contribution is 0.0970. The Bertz CT molecular complexity index is 1330. The Kier molecular flexibility index (Phi) is 5.46. The summed E-state index contributed by atoms with van der Waals surface area (Å²) < 4.78 is 24.1. The smallest absolute Gasteiger partial charge is 0.258 e. The summed E-state index contributed by atoms with van der Waals surface area (Å²) in [5.74, 6) is -2.65. The summed E-state index contributed by atoms with van der Waals surface area (Å²) >= 11 is 7.97. The van der Waals surface area contributed by atoms with Gasteiger partial charge in [-0.2, -0.15) is 5.26 Å². The highest BCUT2D eigenvalue weighted by atomic mass is 127. The molecule has 0 spiro atoms. The van der Waals surface area contributed by atoms with Crippen LogP contribution in [0.3, 0.4) is 0 Å². The molecule has 0 aliphatic rings. The zero-order valence-electron chi connectivity index (χ0n) is 14.0. The van der Waals surface area contributed by atoms with Crippen LogP contribution in [0.15, 0.2) is 34.3 Å². The molecule has 3 aromatic rings. The average molecular weight is 530 g/mol. The van der Waals surface area contributed by atoms with Gasteiger partial charge in [0.15, 0.2) is 5.92 Å². The van der Waals surface area contributed by atoms with E-state index in [1.54, 1.807) is 24.3 Å². The minimum absolute atomic E-state index is 0.193. The van der Waals surface area contributed by atoms with E-state index in [0.29, 0.717) is 10.9 Å². The lowest BCUT2D eigenvalue weighted by Crippen LogP contribution is -2.21. The van der Waals surface area contributed by atoms with Crippen molar-refractivity contribution < 1.29 is 13.2 Å². The minimum atomic E-state index is -3.80. The number of ketones is 1. The zero-order chi connectivity index (χ0) is 20.6. The first-order valence-electron chi connectivity index (χ1n) is 7.47. The first kappa shape index (κ1) is 20.3. The zero-order valence-corrected chi connectivity index (χ0v) is 17.7. The highest BCUT2D eigenvalue weighted by molar-refractivity contribution is 14.1. The van der Waals surface area contributed by atoms with Crippen LogP contribution in [0.5, 0.6) is 0 Å². The van der Waals surface area contributed by atoms with Crippen LogP contribution in [-0.2, 0) is 9.84 Å². The van der Waals surface area contributed by atoms with Crippen LogP contribution >= 0.6 is 34.2 Å². The molecule has 2 heterocycles. The quantitative estimate of drug-likeness (QED) is 0.306. The Hall–Kier alpha value is -2.43. The van der Waals surface area contributed by atoms with Crippen molar-refractivity contribution in [3.05, 3.63) is 54.9 Å². The second-order valence-electron chi connectivity index (χ2n) is 5.66. The topological polar surface area (TPSA) is 147 Å². The van der Waals surface area contributed by atoms with Crippen LogP contribution in [0.1, 0.15) is 22.2 Å². The lowest BCUT2D eigenvalue weighted by Gasteiger charge is -2.10. The van der Waals surface area contributed by atoms with Crippen molar-refractivity contribution in [1.29, 1.82) is 5.26 Å². The van der Waals surface area contributed by atoms with Gasteiger partial charge < -0.3 is 4.98 Å². The van der Waals surface area contributed by atoms with E-state index in [9.17, 15) is 23.3 Å². The van der Waals surface area contributed by atoms with Gasteiger partial charge in [0.25, 0.3) is 5.56 Å². The van der Waals surface area contributed by atoms with E-state index in [0.717, 1.165) is 16.0 Å². The number of Topliss-reactive ketones (excluding diaryl/α,β-unsaturated/α-hetero) is 1. The van der Waals surface area contributed by atoms with Gasteiger partial charge in [-0.05, 0) is 40.8 Å². The predicted molar refractivity (Wildman–Crippen MR) is 108 cm³/mol. The van der Waals surface area contributed by atoms with Crippen LogP contribution in [0.4, 0.5) is 0 Å². The Morgan fingerprint density at radius 3 is 2.71 bits per heavy atom. The van der Waals surface area contributed by atoms with Crippen molar-refractivity contribution >= 4 is 60.7 Å².